The van der Waals surface area contributed by atoms with Gasteiger partial charge in [-0.3, -0.25) is 30.1 Å². The van der Waals surface area contributed by atoms with Gasteiger partial charge in [0.05, 0.1) is 0 Å². The minimum atomic E-state index is -2.40. The maximum absolute atomic E-state index is 12.7. The predicted molar refractivity (Wildman–Crippen MR) is 142 cm³/mol. The molecule has 3 N–H and O–H groups in total. The van der Waals surface area contributed by atoms with Crippen LogP contribution in [0, 0.1) is 26.5 Å². The van der Waals surface area contributed by atoms with Crippen LogP contribution in [0.25, 0.3) is 0 Å². The van der Waals surface area contributed by atoms with Crippen molar-refractivity contribution < 1.29 is 72.3 Å². The molecule has 1 unspecified atom stereocenters. The first-order valence-corrected chi connectivity index (χ1v) is 13.4. The average molecular weight is 819 g/mol. The number of hydrogen-bond acceptors (Lipinski definition) is 8. The van der Waals surface area contributed by atoms with Crippen molar-refractivity contribution in [3.05, 3.63) is 91.1 Å². The van der Waals surface area contributed by atoms with Gasteiger partial charge in [0.25, 0.3) is 0 Å². The number of rotatable bonds is 15. The Balaban J connectivity index is 0. The maximum Gasteiger partial charge on any atom is 0 e. The molecule has 16 nitrogen and oxygen atoms in total. The first kappa shape index (κ1) is 42.2. The molecule has 0 aliphatic carbocycles. The first-order chi connectivity index (χ1) is 20.7. The van der Waals surface area contributed by atoms with Crippen LogP contribution in [0.15, 0.2) is 48.2 Å². The molecule has 3 rings (SSSR count). The van der Waals surface area contributed by atoms with E-state index >= 15 is 0 Å². The molecule has 0 bridgehead atoms. The molecule has 0 aliphatic rings. The number of nitrogens with zero attached hydrogens (tertiary/aromatic N) is 5. The Morgan fingerprint density at radius 1 is 1.09 bits per heavy atom. The van der Waals surface area contributed by atoms with E-state index < -0.39 is 42.2 Å². The van der Waals surface area contributed by atoms with Gasteiger partial charge in [-0.1, -0.05) is 12.1 Å². The molecule has 1 radical (unpaired) electrons. The van der Waals surface area contributed by atoms with Crippen LogP contribution in [0.2, 0.25) is 0 Å². The van der Waals surface area contributed by atoms with Crippen LogP contribution in [0.4, 0.5) is 5.69 Å². The summed E-state index contributed by atoms with van der Waals surface area (Å²) >= 11 is -0.952. The standard InChI is InChI=1S/C22H25N6O7S2.3CO.Re/c29-20(28(14-21(30)31)15-22(32)33)13-27-9-6-23-18(27)11-26(12-19-24-7-10-36-19)8-5-16-1-3-17(4-2-16)25-37(34)35;3*1-2;/h1-4,6-7,9-10,12,25H,5,8,11,13-15H2,(H3,30,31,32,33,34,35);;;;/q-1;;;;/p-1. The van der Waals surface area contributed by atoms with E-state index in [-0.39, 0.29) is 27.0 Å². The molecule has 0 saturated carbocycles. The number of carboxylic acids is 2. The molecule has 235 valence electrons. The monoisotopic (exact) mass is 819 g/mol. The van der Waals surface area contributed by atoms with Gasteiger partial charge in [0, 0.05) is 67.9 Å². The summed E-state index contributed by atoms with van der Waals surface area (Å²) in [6.07, 6.45) is 5.38. The minimum absolute atomic E-state index is 0. The summed E-state index contributed by atoms with van der Waals surface area (Å²) in [7, 11) is 0. The zero-order valence-electron chi connectivity index (χ0n) is 22.5. The summed E-state index contributed by atoms with van der Waals surface area (Å²) in [6, 6.07) is 6.96. The minimum Gasteiger partial charge on any atom is 0 e. The molecule has 1 aromatic carbocycles. The second-order valence-corrected chi connectivity index (χ2v) is 9.36. The normalized spacial score (nSPS) is 10.0. The molecular weight excluding hydrogens is 795 g/mol. The van der Waals surface area contributed by atoms with E-state index in [1.165, 1.54) is 17.5 Å². The molecular formula is C25H24N6O10ReS2-2. The largest absolute Gasteiger partial charge is 0 e. The fourth-order valence-electron chi connectivity index (χ4n) is 3.37. The van der Waals surface area contributed by atoms with E-state index in [1.807, 2.05) is 29.0 Å². The third-order valence-electron chi connectivity index (χ3n) is 5.04. The third-order valence-corrected chi connectivity index (χ3v) is 6.16. The molecule has 1 amide bonds. The van der Waals surface area contributed by atoms with E-state index in [0.29, 0.717) is 31.0 Å². The summed E-state index contributed by atoms with van der Waals surface area (Å²) in [5.41, 5.74) is 1.42. The third kappa shape index (κ3) is 16.7. The molecule has 0 spiro atoms. The molecule has 19 heteroatoms. The first-order valence-electron chi connectivity index (χ1n) is 11.5. The number of imidazole rings is 1. The van der Waals surface area contributed by atoms with Gasteiger partial charge in [-0.25, -0.2) is 4.98 Å². The summed E-state index contributed by atoms with van der Waals surface area (Å²) in [5.74, 6) is -2.76. The van der Waals surface area contributed by atoms with Gasteiger partial charge < -0.3 is 33.9 Å². The quantitative estimate of drug-likeness (QED) is 0.0785. The molecule has 1 atom stereocenters. The van der Waals surface area contributed by atoms with Crippen LogP contribution >= 0.6 is 11.3 Å². The fraction of sp³-hybridized carbons (Fsp3) is 0.240. The summed E-state index contributed by atoms with van der Waals surface area (Å²) in [6.45, 7) is 14.5. The van der Waals surface area contributed by atoms with Crippen molar-refractivity contribution in [1.82, 2.24) is 19.8 Å². The SMILES string of the molecule is O=C(O)CN(CC(=O)O)C(=O)C[n+]1cc[n-]c1CN([CH-]c1nccs1)CCc1ccc(NS(=O)[O-])cc1.[C-]#[O+].[C-]#[O+].[C-]#[O+].[Re]. The van der Waals surface area contributed by atoms with Crippen LogP contribution in [-0.2, 0) is 79.5 Å². The summed E-state index contributed by atoms with van der Waals surface area (Å²) in [5, 5.41) is 20.6. The van der Waals surface area contributed by atoms with Crippen molar-refractivity contribution in [3.63, 3.8) is 0 Å². The number of carboxylic acid groups (broad SMARTS) is 2. The van der Waals surface area contributed by atoms with Gasteiger partial charge in [0.2, 0.25) is 5.91 Å². The molecule has 3 aromatic rings. The van der Waals surface area contributed by atoms with Crippen molar-refractivity contribution in [3.8, 4) is 0 Å². The smallest absolute Gasteiger partial charge is 0 e. The number of nitrogens with one attached hydrogen (secondary N) is 1. The number of amides is 1. The van der Waals surface area contributed by atoms with E-state index in [1.54, 1.807) is 29.1 Å². The number of carbonyl (C=O) groups is 3. The van der Waals surface area contributed by atoms with Gasteiger partial charge in [-0.15, -0.1) is 0 Å². The van der Waals surface area contributed by atoms with Crippen LogP contribution in [-0.4, -0.2) is 71.2 Å². The van der Waals surface area contributed by atoms with Crippen LogP contribution in [0.3, 0.4) is 0 Å². The van der Waals surface area contributed by atoms with Gasteiger partial charge in [-0.2, -0.15) is 11.3 Å². The summed E-state index contributed by atoms with van der Waals surface area (Å²) < 4.78 is 47.9. The van der Waals surface area contributed by atoms with E-state index in [9.17, 15) is 23.1 Å². The Morgan fingerprint density at radius 2 is 1.68 bits per heavy atom. The Bertz CT molecular complexity index is 1330. The van der Waals surface area contributed by atoms with E-state index in [4.69, 9.17) is 24.2 Å². The molecule has 0 fully saturated rings. The van der Waals surface area contributed by atoms with Crippen molar-refractivity contribution >= 4 is 46.1 Å². The van der Waals surface area contributed by atoms with Crippen molar-refractivity contribution in [2.24, 2.45) is 0 Å². The van der Waals surface area contributed by atoms with Gasteiger partial charge >= 0.3 is 45.8 Å². The summed E-state index contributed by atoms with van der Waals surface area (Å²) in [4.78, 5) is 46.1. The van der Waals surface area contributed by atoms with Gasteiger partial charge in [0.1, 0.15) is 25.5 Å². The van der Waals surface area contributed by atoms with Crippen LogP contribution in [0.5, 0.6) is 0 Å². The number of thiazole rings is 1. The molecule has 0 saturated heterocycles. The fourth-order valence-corrected chi connectivity index (χ4v) is 4.30. The maximum atomic E-state index is 12.7. The second kappa shape index (κ2) is 24.5. The molecule has 0 aliphatic heterocycles. The number of aromatic nitrogens is 3. The van der Waals surface area contributed by atoms with Crippen molar-refractivity contribution in [2.75, 3.05) is 24.4 Å². The molecule has 2 aromatic heterocycles. The Hall–Kier alpha value is -3.91. The van der Waals surface area contributed by atoms with Crippen molar-refractivity contribution in [2.45, 2.75) is 19.5 Å². The van der Waals surface area contributed by atoms with Crippen LogP contribution < -0.4 is 14.3 Å². The van der Waals surface area contributed by atoms with Crippen molar-refractivity contribution in [1.29, 1.82) is 0 Å². The zero-order chi connectivity index (χ0) is 32.8. The Labute approximate surface area is 272 Å². The van der Waals surface area contributed by atoms with E-state index in [0.717, 1.165) is 15.5 Å². The molecule has 44 heavy (non-hydrogen) atoms. The van der Waals surface area contributed by atoms with E-state index in [2.05, 4.69) is 34.6 Å². The number of aliphatic carboxylic acids is 2. The number of carbonyl (C=O) groups excluding carboxylic acids is 1. The second-order valence-electron chi connectivity index (χ2n) is 7.76. The predicted octanol–water partition coefficient (Wildman–Crippen LogP) is -0.269. The van der Waals surface area contributed by atoms with Gasteiger partial charge in [-0.05, 0) is 35.7 Å². The Morgan fingerprint density at radius 3 is 2.18 bits per heavy atom. The zero-order valence-corrected chi connectivity index (χ0v) is 26.9. The molecule has 2 heterocycles. The topological polar surface area (TPSA) is 241 Å². The van der Waals surface area contributed by atoms with Gasteiger partial charge in [0.15, 0.2) is 0 Å². The number of hydrogen-bond donors (Lipinski definition) is 3. The van der Waals surface area contributed by atoms with Crippen LogP contribution in [0.1, 0.15) is 16.4 Å². The number of benzene rings is 1. The average Bonchev–Trinajstić information content (AvgIpc) is 3.67. The number of anilines is 1. The Kier molecular flexibility index (Phi) is 23.5.